The lowest BCUT2D eigenvalue weighted by atomic mass is 10.3. The van der Waals surface area contributed by atoms with Crippen LogP contribution in [-0.4, -0.2) is 38.3 Å². The summed E-state index contributed by atoms with van der Waals surface area (Å²) in [6, 6.07) is 1.51. The van der Waals surface area contributed by atoms with E-state index < -0.39 is 6.09 Å². The van der Waals surface area contributed by atoms with E-state index in [2.05, 4.69) is 20.6 Å². The summed E-state index contributed by atoms with van der Waals surface area (Å²) < 4.78 is 6.53. The number of hydrogen-bond acceptors (Lipinski definition) is 5. The van der Waals surface area contributed by atoms with Crippen LogP contribution < -0.4 is 10.1 Å². The number of pyridine rings is 1. The number of nitrogens with zero attached hydrogens (tertiary/aromatic N) is 4. The number of rotatable bonds is 3. The van der Waals surface area contributed by atoms with Crippen LogP contribution in [0, 0.1) is 0 Å². The monoisotopic (exact) mass is 235 g/mol. The van der Waals surface area contributed by atoms with Crippen molar-refractivity contribution in [1.82, 2.24) is 20.0 Å². The van der Waals surface area contributed by atoms with Crippen molar-refractivity contribution < 1.29 is 14.6 Å². The number of methoxy groups -OCH3 is 1. The zero-order chi connectivity index (χ0) is 12.3. The molecule has 0 saturated heterocycles. The van der Waals surface area contributed by atoms with Crippen LogP contribution in [0.15, 0.2) is 24.7 Å². The van der Waals surface area contributed by atoms with Crippen molar-refractivity contribution in [3.63, 3.8) is 0 Å². The minimum atomic E-state index is -1.16. The summed E-state index contributed by atoms with van der Waals surface area (Å²) in [5, 5.41) is 18.2. The third kappa shape index (κ3) is 2.30. The number of hydrogen-bond donors (Lipinski definition) is 2. The minimum Gasteiger partial charge on any atom is -0.493 e. The summed E-state index contributed by atoms with van der Waals surface area (Å²) in [7, 11) is 1.46. The summed E-state index contributed by atoms with van der Waals surface area (Å²) in [5.74, 6) is 0.822. The van der Waals surface area contributed by atoms with Crippen molar-refractivity contribution in [2.24, 2.45) is 0 Å². The number of anilines is 1. The first kappa shape index (κ1) is 10.9. The van der Waals surface area contributed by atoms with Gasteiger partial charge < -0.3 is 9.84 Å². The Morgan fingerprint density at radius 1 is 1.59 bits per heavy atom. The molecule has 2 rings (SSSR count). The van der Waals surface area contributed by atoms with Gasteiger partial charge in [0, 0.05) is 6.07 Å². The zero-order valence-electron chi connectivity index (χ0n) is 8.86. The van der Waals surface area contributed by atoms with Gasteiger partial charge >= 0.3 is 6.09 Å². The van der Waals surface area contributed by atoms with Crippen molar-refractivity contribution in [1.29, 1.82) is 0 Å². The molecule has 2 heterocycles. The van der Waals surface area contributed by atoms with Crippen molar-refractivity contribution in [2.45, 2.75) is 0 Å². The first-order chi connectivity index (χ1) is 8.20. The predicted octanol–water partition coefficient (Wildman–Crippen LogP) is 0.761. The largest absolute Gasteiger partial charge is 0.493 e. The van der Waals surface area contributed by atoms with Gasteiger partial charge in [-0.15, -0.1) is 5.10 Å². The molecule has 0 radical (unpaired) electrons. The quantitative estimate of drug-likeness (QED) is 0.814. The van der Waals surface area contributed by atoms with E-state index in [-0.39, 0.29) is 0 Å². The van der Waals surface area contributed by atoms with Crippen molar-refractivity contribution >= 4 is 11.8 Å². The van der Waals surface area contributed by atoms with Gasteiger partial charge in [0.2, 0.25) is 0 Å². The van der Waals surface area contributed by atoms with Gasteiger partial charge in [0.05, 0.1) is 31.4 Å². The maximum absolute atomic E-state index is 10.5. The molecule has 0 atom stereocenters. The van der Waals surface area contributed by atoms with Gasteiger partial charge in [-0.05, 0) is 0 Å². The van der Waals surface area contributed by atoms with Crippen LogP contribution in [0.25, 0.3) is 5.82 Å². The molecule has 1 amide bonds. The molecule has 0 aromatic carbocycles. The fourth-order valence-electron chi connectivity index (χ4n) is 1.27. The zero-order valence-corrected chi connectivity index (χ0v) is 8.86. The van der Waals surface area contributed by atoms with Crippen LogP contribution in [0.4, 0.5) is 10.5 Å². The van der Waals surface area contributed by atoms with Gasteiger partial charge in [-0.2, -0.15) is 4.68 Å². The second-order valence-corrected chi connectivity index (χ2v) is 3.03. The van der Waals surface area contributed by atoms with E-state index in [4.69, 9.17) is 9.84 Å². The van der Waals surface area contributed by atoms with Crippen molar-refractivity contribution in [3.05, 3.63) is 24.7 Å². The molecule has 8 nitrogen and oxygen atoms in total. The number of nitrogens with one attached hydrogen (secondary N) is 1. The van der Waals surface area contributed by atoms with Crippen LogP contribution in [0.1, 0.15) is 0 Å². The van der Waals surface area contributed by atoms with E-state index in [1.807, 2.05) is 0 Å². The smallest absolute Gasteiger partial charge is 0.409 e. The van der Waals surface area contributed by atoms with Crippen LogP contribution in [0.2, 0.25) is 0 Å². The van der Waals surface area contributed by atoms with Crippen LogP contribution in [0.5, 0.6) is 5.75 Å². The Morgan fingerprint density at radius 3 is 3.00 bits per heavy atom. The fraction of sp³-hybridized carbons (Fsp3) is 0.111. The molecule has 2 aromatic rings. The molecule has 0 saturated carbocycles. The van der Waals surface area contributed by atoms with Gasteiger partial charge in [0.25, 0.3) is 0 Å². The second-order valence-electron chi connectivity index (χ2n) is 3.03. The highest BCUT2D eigenvalue weighted by Gasteiger charge is 2.09. The molecule has 0 unspecified atom stereocenters. The van der Waals surface area contributed by atoms with Crippen LogP contribution in [-0.2, 0) is 0 Å². The van der Waals surface area contributed by atoms with E-state index in [1.165, 1.54) is 30.3 Å². The summed E-state index contributed by atoms with van der Waals surface area (Å²) in [6.07, 6.45) is 3.32. The molecule has 0 fully saturated rings. The normalized spacial score (nSPS) is 9.94. The molecule has 17 heavy (non-hydrogen) atoms. The summed E-state index contributed by atoms with van der Waals surface area (Å²) >= 11 is 0. The lowest BCUT2D eigenvalue weighted by Crippen LogP contribution is -2.09. The molecule has 0 aliphatic heterocycles. The Morgan fingerprint density at radius 2 is 2.41 bits per heavy atom. The highest BCUT2D eigenvalue weighted by Crippen LogP contribution is 2.23. The number of carbonyl (C=O) groups is 1. The average molecular weight is 235 g/mol. The molecular formula is C9H9N5O3. The fourth-order valence-corrected chi connectivity index (χ4v) is 1.27. The first-order valence-electron chi connectivity index (χ1n) is 4.61. The molecular weight excluding hydrogens is 226 g/mol. The van der Waals surface area contributed by atoms with Gasteiger partial charge in [0.15, 0.2) is 11.6 Å². The third-order valence-corrected chi connectivity index (χ3v) is 1.94. The molecule has 0 spiro atoms. The molecule has 0 aliphatic rings. The Hall–Kier alpha value is -2.64. The molecule has 88 valence electrons. The van der Waals surface area contributed by atoms with E-state index in [0.717, 1.165) is 0 Å². The minimum absolute atomic E-state index is 0.318. The predicted molar refractivity (Wildman–Crippen MR) is 57.4 cm³/mol. The number of carboxylic acid groups (broad SMARTS) is 1. The molecule has 2 aromatic heterocycles. The topological polar surface area (TPSA) is 102 Å². The van der Waals surface area contributed by atoms with E-state index in [0.29, 0.717) is 17.3 Å². The Balaban J connectivity index is 2.38. The average Bonchev–Trinajstić information content (AvgIpc) is 2.81. The first-order valence-corrected chi connectivity index (χ1v) is 4.61. The van der Waals surface area contributed by atoms with E-state index >= 15 is 0 Å². The Bertz CT molecular complexity index is 525. The van der Waals surface area contributed by atoms with Crippen LogP contribution >= 0.6 is 0 Å². The SMILES string of the molecule is COc1cc(NC(=O)O)cnc1-n1ccnn1. The number of aromatic nitrogens is 4. The van der Waals surface area contributed by atoms with E-state index in [9.17, 15) is 4.79 Å². The molecule has 0 aliphatic carbocycles. The van der Waals surface area contributed by atoms with Crippen molar-refractivity contribution in [2.75, 3.05) is 12.4 Å². The maximum atomic E-state index is 10.5. The number of amides is 1. The molecule has 2 N–H and O–H groups in total. The molecule has 0 bridgehead atoms. The second kappa shape index (κ2) is 4.47. The summed E-state index contributed by atoms with van der Waals surface area (Å²) in [5.41, 5.74) is 0.318. The highest BCUT2D eigenvalue weighted by molar-refractivity contribution is 5.83. The van der Waals surface area contributed by atoms with Crippen molar-refractivity contribution in [3.8, 4) is 11.6 Å². The van der Waals surface area contributed by atoms with Crippen LogP contribution in [0.3, 0.4) is 0 Å². The molecule has 8 heteroatoms. The van der Waals surface area contributed by atoms with Gasteiger partial charge in [-0.1, -0.05) is 5.21 Å². The van der Waals surface area contributed by atoms with Gasteiger partial charge in [-0.3, -0.25) is 5.32 Å². The number of ether oxygens (including phenoxy) is 1. The third-order valence-electron chi connectivity index (χ3n) is 1.94. The standard InChI is InChI=1S/C9H9N5O3/c1-17-7-4-6(12-9(15)16)5-10-8(7)14-3-2-11-13-14/h2-5,12H,1H3,(H,15,16). The Kier molecular flexibility index (Phi) is 2.86. The summed E-state index contributed by atoms with van der Waals surface area (Å²) in [4.78, 5) is 14.5. The van der Waals surface area contributed by atoms with E-state index in [1.54, 1.807) is 6.20 Å². The highest BCUT2D eigenvalue weighted by atomic mass is 16.5. The maximum Gasteiger partial charge on any atom is 0.409 e. The van der Waals surface area contributed by atoms with Gasteiger partial charge in [-0.25, -0.2) is 9.78 Å². The lowest BCUT2D eigenvalue weighted by molar-refractivity contribution is 0.209. The summed E-state index contributed by atoms with van der Waals surface area (Å²) in [6.45, 7) is 0. The Labute approximate surface area is 95.9 Å². The van der Waals surface area contributed by atoms with Gasteiger partial charge in [0.1, 0.15) is 0 Å². The lowest BCUT2D eigenvalue weighted by Gasteiger charge is -2.08.